The summed E-state index contributed by atoms with van der Waals surface area (Å²) in [4.78, 5) is 4.78. The Bertz CT molecular complexity index is 725. The number of nitriles is 1. The third-order valence-corrected chi connectivity index (χ3v) is 4.53. The lowest BCUT2D eigenvalue weighted by molar-refractivity contribution is 0.0342. The van der Waals surface area contributed by atoms with Crippen molar-refractivity contribution in [1.29, 1.82) is 5.26 Å². The minimum atomic E-state index is 0.670. The molecule has 3 rings (SSSR count). The van der Waals surface area contributed by atoms with Gasteiger partial charge in [-0.05, 0) is 19.2 Å². The number of nitrogens with zero attached hydrogens (tertiary/aromatic N) is 5. The molecule has 0 amide bonds. The summed E-state index contributed by atoms with van der Waals surface area (Å²) in [6, 6.07) is 9.79. The van der Waals surface area contributed by atoms with E-state index in [2.05, 4.69) is 34.2 Å². The Morgan fingerprint density at radius 3 is 2.64 bits per heavy atom. The monoisotopic (exact) mass is 339 g/mol. The van der Waals surface area contributed by atoms with Gasteiger partial charge in [0, 0.05) is 57.1 Å². The molecule has 1 aliphatic heterocycles. The van der Waals surface area contributed by atoms with Crippen molar-refractivity contribution in [3.8, 4) is 17.3 Å². The highest BCUT2D eigenvalue weighted by Crippen LogP contribution is 2.23. The smallest absolute Gasteiger partial charge is 0.0991 e. The number of ether oxygens (including phenoxy) is 1. The topological polar surface area (TPSA) is 57.3 Å². The fourth-order valence-corrected chi connectivity index (χ4v) is 3.11. The van der Waals surface area contributed by atoms with Crippen LogP contribution in [0.4, 0.5) is 0 Å². The minimum absolute atomic E-state index is 0.670. The minimum Gasteiger partial charge on any atom is -0.379 e. The molecule has 0 aliphatic carbocycles. The number of aryl methyl sites for hydroxylation is 1. The van der Waals surface area contributed by atoms with E-state index in [0.29, 0.717) is 5.56 Å². The van der Waals surface area contributed by atoms with Gasteiger partial charge in [-0.2, -0.15) is 10.4 Å². The van der Waals surface area contributed by atoms with Crippen LogP contribution in [0.2, 0.25) is 0 Å². The second kappa shape index (κ2) is 8.26. The second-order valence-corrected chi connectivity index (χ2v) is 6.56. The van der Waals surface area contributed by atoms with E-state index in [1.807, 2.05) is 36.0 Å². The number of likely N-dealkylation sites (N-methyl/N-ethyl adjacent to an activating group) is 1. The zero-order chi connectivity index (χ0) is 17.6. The normalized spacial score (nSPS) is 15.4. The standard InChI is InChI=1S/C19H25N5O/c1-22(7-8-24-9-11-25-12-10-24)14-18-15-23(2)21-19(18)17-5-3-16(13-20)4-6-17/h3-6,15H,7-12,14H2,1-2H3. The van der Waals surface area contributed by atoms with Crippen molar-refractivity contribution in [1.82, 2.24) is 19.6 Å². The maximum absolute atomic E-state index is 8.96. The lowest BCUT2D eigenvalue weighted by atomic mass is 10.1. The predicted molar refractivity (Wildman–Crippen MR) is 97.0 cm³/mol. The second-order valence-electron chi connectivity index (χ2n) is 6.56. The van der Waals surface area contributed by atoms with Gasteiger partial charge in [-0.25, -0.2) is 0 Å². The highest BCUT2D eigenvalue weighted by Gasteiger charge is 2.14. The van der Waals surface area contributed by atoms with Crippen molar-refractivity contribution >= 4 is 0 Å². The van der Waals surface area contributed by atoms with Gasteiger partial charge in [0.1, 0.15) is 0 Å². The number of benzene rings is 1. The van der Waals surface area contributed by atoms with Crippen molar-refractivity contribution in [2.24, 2.45) is 7.05 Å². The molecule has 0 saturated carbocycles. The number of hydrogen-bond donors (Lipinski definition) is 0. The Labute approximate surface area is 149 Å². The maximum atomic E-state index is 8.96. The zero-order valence-corrected chi connectivity index (χ0v) is 15.0. The van der Waals surface area contributed by atoms with E-state index >= 15 is 0 Å². The first-order valence-corrected chi connectivity index (χ1v) is 8.67. The third-order valence-electron chi connectivity index (χ3n) is 4.53. The molecule has 1 saturated heterocycles. The van der Waals surface area contributed by atoms with E-state index in [4.69, 9.17) is 10.00 Å². The van der Waals surface area contributed by atoms with Gasteiger partial charge in [0.15, 0.2) is 0 Å². The van der Waals surface area contributed by atoms with Gasteiger partial charge in [0.05, 0.1) is 30.5 Å². The molecule has 1 aliphatic rings. The van der Waals surface area contributed by atoms with Crippen LogP contribution in [0.1, 0.15) is 11.1 Å². The van der Waals surface area contributed by atoms with Crippen LogP contribution in [0, 0.1) is 11.3 Å². The molecule has 0 spiro atoms. The summed E-state index contributed by atoms with van der Waals surface area (Å²) in [5.41, 5.74) is 3.92. The van der Waals surface area contributed by atoms with E-state index in [9.17, 15) is 0 Å². The predicted octanol–water partition coefficient (Wildman–Crippen LogP) is 1.72. The van der Waals surface area contributed by atoms with Crippen molar-refractivity contribution in [2.75, 3.05) is 46.4 Å². The lowest BCUT2D eigenvalue weighted by Crippen LogP contribution is -2.40. The Morgan fingerprint density at radius 1 is 1.24 bits per heavy atom. The highest BCUT2D eigenvalue weighted by atomic mass is 16.5. The number of aromatic nitrogens is 2. The summed E-state index contributed by atoms with van der Waals surface area (Å²) >= 11 is 0. The largest absolute Gasteiger partial charge is 0.379 e. The first kappa shape index (κ1) is 17.6. The van der Waals surface area contributed by atoms with Gasteiger partial charge in [-0.3, -0.25) is 9.58 Å². The molecule has 0 N–H and O–H groups in total. The summed E-state index contributed by atoms with van der Waals surface area (Å²) in [6.45, 7) is 6.67. The summed E-state index contributed by atoms with van der Waals surface area (Å²) in [5, 5.41) is 13.6. The van der Waals surface area contributed by atoms with Gasteiger partial charge in [0.2, 0.25) is 0 Å². The van der Waals surface area contributed by atoms with Gasteiger partial charge in [-0.15, -0.1) is 0 Å². The fraction of sp³-hybridized carbons (Fsp3) is 0.474. The van der Waals surface area contributed by atoms with Crippen molar-refractivity contribution in [3.63, 3.8) is 0 Å². The number of morpholine rings is 1. The average molecular weight is 339 g/mol. The van der Waals surface area contributed by atoms with Crippen LogP contribution < -0.4 is 0 Å². The average Bonchev–Trinajstić information content (AvgIpc) is 3.01. The molecule has 0 radical (unpaired) electrons. The van der Waals surface area contributed by atoms with E-state index < -0.39 is 0 Å². The molecule has 1 aromatic heterocycles. The number of rotatable bonds is 6. The first-order valence-electron chi connectivity index (χ1n) is 8.67. The number of hydrogen-bond acceptors (Lipinski definition) is 5. The molecule has 2 aromatic rings. The van der Waals surface area contributed by atoms with Crippen LogP contribution in [-0.4, -0.2) is 66.0 Å². The zero-order valence-electron chi connectivity index (χ0n) is 15.0. The molecule has 6 heteroatoms. The fourth-order valence-electron chi connectivity index (χ4n) is 3.11. The molecule has 1 aromatic carbocycles. The quantitative estimate of drug-likeness (QED) is 0.802. The molecule has 0 atom stereocenters. The summed E-state index contributed by atoms with van der Waals surface area (Å²) in [5.74, 6) is 0. The van der Waals surface area contributed by atoms with E-state index in [-0.39, 0.29) is 0 Å². The first-order chi connectivity index (χ1) is 12.2. The van der Waals surface area contributed by atoms with E-state index in [0.717, 1.165) is 57.2 Å². The molecular weight excluding hydrogens is 314 g/mol. The molecule has 132 valence electrons. The maximum Gasteiger partial charge on any atom is 0.0991 e. The van der Waals surface area contributed by atoms with Gasteiger partial charge in [0.25, 0.3) is 0 Å². The summed E-state index contributed by atoms with van der Waals surface area (Å²) in [7, 11) is 4.10. The van der Waals surface area contributed by atoms with E-state index in [1.54, 1.807) is 0 Å². The Morgan fingerprint density at radius 2 is 1.96 bits per heavy atom. The highest BCUT2D eigenvalue weighted by molar-refractivity contribution is 5.63. The van der Waals surface area contributed by atoms with Crippen LogP contribution in [0.3, 0.4) is 0 Å². The molecular formula is C19H25N5O. The molecule has 0 unspecified atom stereocenters. The van der Waals surface area contributed by atoms with Crippen molar-refractivity contribution < 1.29 is 4.74 Å². The summed E-state index contributed by atoms with van der Waals surface area (Å²) in [6.07, 6.45) is 2.08. The van der Waals surface area contributed by atoms with Gasteiger partial charge >= 0.3 is 0 Å². The Hall–Kier alpha value is -2.20. The third kappa shape index (κ3) is 4.67. The van der Waals surface area contributed by atoms with Crippen LogP contribution in [0.5, 0.6) is 0 Å². The van der Waals surface area contributed by atoms with Crippen LogP contribution in [0.15, 0.2) is 30.5 Å². The van der Waals surface area contributed by atoms with Crippen LogP contribution >= 0.6 is 0 Å². The molecule has 6 nitrogen and oxygen atoms in total. The van der Waals surface area contributed by atoms with Crippen LogP contribution in [-0.2, 0) is 18.3 Å². The lowest BCUT2D eigenvalue weighted by Gasteiger charge is -2.28. The Kier molecular flexibility index (Phi) is 5.82. The Balaban J connectivity index is 1.64. The van der Waals surface area contributed by atoms with Crippen molar-refractivity contribution in [3.05, 3.63) is 41.6 Å². The molecule has 2 heterocycles. The van der Waals surface area contributed by atoms with E-state index in [1.165, 1.54) is 5.56 Å². The van der Waals surface area contributed by atoms with Gasteiger partial charge < -0.3 is 9.64 Å². The van der Waals surface area contributed by atoms with Gasteiger partial charge in [-0.1, -0.05) is 12.1 Å². The molecule has 1 fully saturated rings. The van der Waals surface area contributed by atoms with Crippen molar-refractivity contribution in [2.45, 2.75) is 6.54 Å². The molecule has 0 bridgehead atoms. The SMILES string of the molecule is CN(CCN1CCOCC1)Cc1cn(C)nc1-c1ccc(C#N)cc1. The summed E-state index contributed by atoms with van der Waals surface area (Å²) < 4.78 is 7.26. The van der Waals surface area contributed by atoms with Crippen LogP contribution in [0.25, 0.3) is 11.3 Å². The molecule has 25 heavy (non-hydrogen) atoms.